The fourth-order valence-electron chi connectivity index (χ4n) is 2.10. The summed E-state index contributed by atoms with van der Waals surface area (Å²) in [6.07, 6.45) is 2.35. The van der Waals surface area contributed by atoms with Crippen LogP contribution in [0.3, 0.4) is 0 Å². The van der Waals surface area contributed by atoms with E-state index in [9.17, 15) is 14.9 Å². The second-order valence-electron chi connectivity index (χ2n) is 4.85. The molecule has 0 N–H and O–H groups in total. The molecule has 128 valence electrons. The summed E-state index contributed by atoms with van der Waals surface area (Å²) in [6, 6.07) is 7.45. The van der Waals surface area contributed by atoms with Gasteiger partial charge in [0.1, 0.15) is 5.75 Å². The quantitative estimate of drug-likeness (QED) is 0.237. The van der Waals surface area contributed by atoms with Crippen molar-refractivity contribution in [1.82, 2.24) is 0 Å². The molecule has 0 aliphatic carbocycles. The van der Waals surface area contributed by atoms with E-state index in [0.29, 0.717) is 5.75 Å². The van der Waals surface area contributed by atoms with Crippen LogP contribution in [-0.4, -0.2) is 17.7 Å². The first-order chi connectivity index (χ1) is 11.9. The Kier molecular flexibility index (Phi) is 4.91. The number of esters is 1. The Morgan fingerprint density at radius 2 is 2.00 bits per heavy atom. The van der Waals surface area contributed by atoms with Crippen molar-refractivity contribution in [1.29, 1.82) is 0 Å². The van der Waals surface area contributed by atoms with Gasteiger partial charge in [0.25, 0.3) is 5.69 Å². The second-order valence-corrected chi connectivity index (χ2v) is 6.17. The molecule has 3 rings (SSSR count). The molecule has 0 aromatic heterocycles. The number of carbonyl (C=O) groups excluding carboxylic acids is 1. The van der Waals surface area contributed by atoms with Gasteiger partial charge in [0.2, 0.25) is 6.79 Å². The van der Waals surface area contributed by atoms with E-state index >= 15 is 0 Å². The maximum Gasteiger partial charge on any atom is 0.336 e. The van der Waals surface area contributed by atoms with Crippen molar-refractivity contribution in [2.45, 2.75) is 0 Å². The average Bonchev–Trinajstić information content (AvgIpc) is 3.02. The number of fused-ring (bicyclic) bond motifs is 1. The first kappa shape index (κ1) is 17.2. The topological polar surface area (TPSA) is 87.9 Å². The van der Waals surface area contributed by atoms with Gasteiger partial charge in [-0.1, -0.05) is 27.5 Å². The Bertz CT molecular complexity index is 898. The Hall–Kier alpha value is -2.58. The van der Waals surface area contributed by atoms with Crippen LogP contribution < -0.4 is 14.2 Å². The summed E-state index contributed by atoms with van der Waals surface area (Å²) in [5.41, 5.74) is -0.0249. The van der Waals surface area contributed by atoms with E-state index in [-0.39, 0.29) is 34.6 Å². The van der Waals surface area contributed by atoms with Crippen LogP contribution in [0, 0.1) is 10.1 Å². The van der Waals surface area contributed by atoms with E-state index in [1.54, 1.807) is 12.1 Å². The minimum atomic E-state index is -0.726. The number of ether oxygens (including phenoxy) is 3. The lowest BCUT2D eigenvalue weighted by atomic mass is 10.1. The molecule has 25 heavy (non-hydrogen) atoms. The van der Waals surface area contributed by atoms with Crippen molar-refractivity contribution >= 4 is 45.3 Å². The Labute approximate surface area is 155 Å². The molecule has 2 aromatic carbocycles. The lowest BCUT2D eigenvalue weighted by Gasteiger charge is -2.04. The molecule has 1 aliphatic rings. The van der Waals surface area contributed by atoms with Crippen molar-refractivity contribution in [3.63, 3.8) is 0 Å². The summed E-state index contributed by atoms with van der Waals surface area (Å²) in [5, 5.41) is 11.4. The second kappa shape index (κ2) is 7.12. The molecule has 0 atom stereocenters. The first-order valence-corrected chi connectivity index (χ1v) is 8.04. The summed E-state index contributed by atoms with van der Waals surface area (Å²) < 4.78 is 16.1. The van der Waals surface area contributed by atoms with Crippen LogP contribution in [-0.2, 0) is 4.79 Å². The Morgan fingerprint density at radius 3 is 2.68 bits per heavy atom. The summed E-state index contributed by atoms with van der Waals surface area (Å²) >= 11 is 9.22. The number of hydrogen-bond donors (Lipinski definition) is 0. The van der Waals surface area contributed by atoms with E-state index < -0.39 is 10.9 Å². The number of halogens is 2. The Balaban J connectivity index is 1.81. The summed E-state index contributed by atoms with van der Waals surface area (Å²) in [6.45, 7) is -0.0102. The highest BCUT2D eigenvalue weighted by molar-refractivity contribution is 9.10. The van der Waals surface area contributed by atoms with Gasteiger partial charge in [0.15, 0.2) is 11.5 Å². The largest absolute Gasteiger partial charge is 0.454 e. The third-order valence-corrected chi connectivity index (χ3v) is 4.01. The smallest absolute Gasteiger partial charge is 0.336 e. The highest BCUT2D eigenvalue weighted by Crippen LogP contribution is 2.38. The van der Waals surface area contributed by atoms with Crippen LogP contribution in [0.15, 0.2) is 40.9 Å². The van der Waals surface area contributed by atoms with Crippen molar-refractivity contribution in [2.24, 2.45) is 0 Å². The molecule has 0 spiro atoms. The SMILES string of the molecule is O=C(/C=C/c1cc2c(cc1[N+](=O)[O-])OCO2)Oc1ccc(Br)cc1Cl. The van der Waals surface area contributed by atoms with Crippen molar-refractivity contribution in [3.05, 3.63) is 61.6 Å². The number of rotatable bonds is 4. The first-order valence-electron chi connectivity index (χ1n) is 6.87. The van der Waals surface area contributed by atoms with Gasteiger partial charge in [-0.05, 0) is 30.3 Å². The number of nitro groups is 1. The zero-order valence-corrected chi connectivity index (χ0v) is 14.7. The van der Waals surface area contributed by atoms with E-state index in [1.807, 2.05) is 0 Å². The maximum absolute atomic E-state index is 11.9. The molecule has 1 aliphatic heterocycles. The average molecular weight is 427 g/mol. The number of hydrogen-bond acceptors (Lipinski definition) is 6. The molecule has 0 radical (unpaired) electrons. The molecule has 0 unspecified atom stereocenters. The van der Waals surface area contributed by atoms with E-state index in [4.69, 9.17) is 25.8 Å². The van der Waals surface area contributed by atoms with Crippen molar-refractivity contribution < 1.29 is 23.9 Å². The Morgan fingerprint density at radius 1 is 1.28 bits per heavy atom. The van der Waals surface area contributed by atoms with E-state index in [2.05, 4.69) is 15.9 Å². The predicted octanol–water partition coefficient (Wildman–Crippen LogP) is 4.36. The van der Waals surface area contributed by atoms with Crippen LogP contribution >= 0.6 is 27.5 Å². The fraction of sp³-hybridized carbons (Fsp3) is 0.0625. The minimum Gasteiger partial charge on any atom is -0.454 e. The fourth-order valence-corrected chi connectivity index (χ4v) is 2.81. The monoisotopic (exact) mass is 425 g/mol. The number of nitrogens with zero attached hydrogens (tertiary/aromatic N) is 1. The van der Waals surface area contributed by atoms with Gasteiger partial charge in [-0.25, -0.2) is 4.79 Å². The number of carbonyl (C=O) groups is 1. The maximum atomic E-state index is 11.9. The van der Waals surface area contributed by atoms with Gasteiger partial charge in [0, 0.05) is 10.5 Å². The normalized spacial score (nSPS) is 12.4. The molecule has 0 amide bonds. The van der Waals surface area contributed by atoms with Crippen LogP contribution in [0.5, 0.6) is 17.2 Å². The molecule has 9 heteroatoms. The minimum absolute atomic E-state index is 0.0102. The number of benzene rings is 2. The molecule has 7 nitrogen and oxygen atoms in total. The third kappa shape index (κ3) is 3.92. The molecular weight excluding hydrogens is 418 g/mol. The van der Waals surface area contributed by atoms with Crippen LogP contribution in [0.2, 0.25) is 5.02 Å². The molecule has 0 fully saturated rings. The van der Waals surface area contributed by atoms with E-state index in [1.165, 1.54) is 24.3 Å². The van der Waals surface area contributed by atoms with Crippen LogP contribution in [0.1, 0.15) is 5.56 Å². The van der Waals surface area contributed by atoms with Gasteiger partial charge >= 0.3 is 5.97 Å². The van der Waals surface area contributed by atoms with E-state index in [0.717, 1.165) is 10.5 Å². The van der Waals surface area contributed by atoms with Crippen molar-refractivity contribution in [2.75, 3.05) is 6.79 Å². The summed E-state index contributed by atoms with van der Waals surface area (Å²) in [5.74, 6) is 0.110. The molecule has 1 heterocycles. The zero-order chi connectivity index (χ0) is 18.0. The zero-order valence-electron chi connectivity index (χ0n) is 12.4. The van der Waals surface area contributed by atoms with Gasteiger partial charge < -0.3 is 14.2 Å². The van der Waals surface area contributed by atoms with Crippen LogP contribution in [0.25, 0.3) is 6.08 Å². The van der Waals surface area contributed by atoms with Gasteiger partial charge in [-0.3, -0.25) is 10.1 Å². The molecule has 0 bridgehead atoms. The van der Waals surface area contributed by atoms with Gasteiger partial charge in [-0.2, -0.15) is 0 Å². The van der Waals surface area contributed by atoms with Crippen LogP contribution in [0.4, 0.5) is 5.69 Å². The molecule has 2 aromatic rings. The molecule has 0 saturated heterocycles. The summed E-state index contributed by atoms with van der Waals surface area (Å²) in [7, 11) is 0. The predicted molar refractivity (Wildman–Crippen MR) is 93.0 cm³/mol. The highest BCUT2D eigenvalue weighted by atomic mass is 79.9. The lowest BCUT2D eigenvalue weighted by molar-refractivity contribution is -0.385. The molecular formula is C16H9BrClNO6. The third-order valence-electron chi connectivity index (χ3n) is 3.22. The van der Waals surface area contributed by atoms with Gasteiger partial charge in [0.05, 0.1) is 21.6 Å². The lowest BCUT2D eigenvalue weighted by Crippen LogP contribution is -2.04. The standard InChI is InChI=1S/C16H9BrClNO6/c17-10-2-3-13(11(18)6-10)25-16(20)4-1-9-5-14-15(24-8-23-14)7-12(9)19(21)22/h1-7H,8H2/b4-1+. The molecule has 0 saturated carbocycles. The van der Waals surface area contributed by atoms with Gasteiger partial charge in [-0.15, -0.1) is 0 Å². The van der Waals surface area contributed by atoms with Crippen molar-refractivity contribution in [3.8, 4) is 17.2 Å². The highest BCUT2D eigenvalue weighted by Gasteiger charge is 2.22. The summed E-state index contributed by atoms with van der Waals surface area (Å²) in [4.78, 5) is 22.5. The number of nitro benzene ring substituents is 1.